The molecule has 0 saturated carbocycles. The maximum atomic E-state index is 5.81. The Labute approximate surface area is 143 Å². The first-order valence-electron chi connectivity index (χ1n) is 6.55. The third-order valence-electron chi connectivity index (χ3n) is 3.29. The van der Waals surface area contributed by atoms with Crippen LogP contribution in [-0.2, 0) is 6.42 Å². The van der Waals surface area contributed by atoms with Crippen LogP contribution in [-0.4, -0.2) is 16.7 Å². The minimum absolute atomic E-state index is 0.220. The first-order chi connectivity index (χ1) is 10.1. The zero-order chi connectivity index (χ0) is 14.9. The average Bonchev–Trinajstić information content (AvgIpc) is 2.78. The molecule has 21 heavy (non-hydrogen) atoms. The van der Waals surface area contributed by atoms with Gasteiger partial charge in [-0.1, -0.05) is 0 Å². The van der Waals surface area contributed by atoms with E-state index in [-0.39, 0.29) is 5.54 Å². The van der Waals surface area contributed by atoms with E-state index in [1.165, 1.54) is 19.5 Å². The van der Waals surface area contributed by atoms with Crippen molar-refractivity contribution in [3.63, 3.8) is 0 Å². The molecular weight excluding hydrogens is 478 g/mol. The van der Waals surface area contributed by atoms with Crippen molar-refractivity contribution >= 4 is 30.8 Å². The number of hydrazone groups is 1. The van der Waals surface area contributed by atoms with E-state index in [1.807, 2.05) is 12.3 Å². The first-order valence-corrected chi connectivity index (χ1v) is 8.83. The van der Waals surface area contributed by atoms with Gasteiger partial charge in [0.05, 0.1) is 0 Å². The Morgan fingerprint density at radius 3 is 2.76 bits per heavy atom. The number of hydrogen-bond donors (Lipinski definition) is 2. The molecule has 0 aliphatic carbocycles. The summed E-state index contributed by atoms with van der Waals surface area (Å²) in [5, 5.41) is 4.93. The summed E-state index contributed by atoms with van der Waals surface area (Å²) in [4.78, 5) is 4.43. The zero-order valence-electron chi connectivity index (χ0n) is 11.5. The fraction of sp³-hybridized carbons (Fsp3) is 0.200. The number of aromatic nitrogens is 1. The predicted molar refractivity (Wildman–Crippen MR) is 84.3 cm³/mol. The molecule has 6 heteroatoms. The van der Waals surface area contributed by atoms with Crippen molar-refractivity contribution in [2.24, 2.45) is 5.10 Å². The van der Waals surface area contributed by atoms with E-state index in [2.05, 4.69) is 52.8 Å². The van der Waals surface area contributed by atoms with E-state index < -0.39 is 0 Å². The Bertz CT molecular complexity index is 708. The van der Waals surface area contributed by atoms with Crippen LogP contribution in [0.25, 0.3) is 5.57 Å². The molecule has 2 aromatic rings. The van der Waals surface area contributed by atoms with Gasteiger partial charge in [-0.25, -0.2) is 0 Å². The van der Waals surface area contributed by atoms with E-state index in [9.17, 15) is 0 Å². The molecular formula is C15H15AtN4S. The number of rotatable bonds is 3. The number of nitrogens with zero attached hydrogens (tertiary/aromatic N) is 2. The zero-order valence-corrected chi connectivity index (χ0v) is 15.3. The van der Waals surface area contributed by atoms with Crippen LogP contribution in [0.15, 0.2) is 41.5 Å². The van der Waals surface area contributed by atoms with E-state index in [0.717, 1.165) is 17.7 Å². The van der Waals surface area contributed by atoms with Crippen molar-refractivity contribution in [1.29, 1.82) is 0 Å². The van der Waals surface area contributed by atoms with Crippen LogP contribution in [0.5, 0.6) is 0 Å². The van der Waals surface area contributed by atoms with Gasteiger partial charge in [-0.2, -0.15) is 0 Å². The standard InChI is InChI=1S/C15H15AtN4S/c1-15(7-10-5-3-2-4-6-10)8-11(9-18-20-15)12-13(16)21-14(17)19-12/h2-6,8-9,20H,7H2,1H3,(H2,17,19). The van der Waals surface area contributed by atoms with Gasteiger partial charge in [-0.15, -0.1) is 0 Å². The molecule has 1 aromatic heterocycles. The van der Waals surface area contributed by atoms with Crippen LogP contribution < -0.4 is 13.7 Å². The fourth-order valence-electron chi connectivity index (χ4n) is 2.40. The second-order valence-corrected chi connectivity index (χ2v) is 8.74. The third kappa shape index (κ3) is 3.33. The number of hydrogen-bond acceptors (Lipinski definition) is 5. The molecule has 0 saturated heterocycles. The number of nitrogens with one attached hydrogen (secondary N) is 1. The summed E-state index contributed by atoms with van der Waals surface area (Å²) in [5.74, 6) is 0. The number of allylic oxidation sites excluding steroid dienone is 1. The summed E-state index contributed by atoms with van der Waals surface area (Å²) in [7, 11) is 0. The number of nitrogen functional groups attached to an aromatic ring is 1. The summed E-state index contributed by atoms with van der Waals surface area (Å²) in [6, 6.07) is 10.4. The van der Waals surface area contributed by atoms with Crippen LogP contribution in [0.3, 0.4) is 0 Å². The SMILES string of the molecule is CC1(Cc2ccccc2)C=C(c2nc(N)sc2[At])C=NN1. The maximum absolute atomic E-state index is 5.81. The molecule has 1 aromatic carbocycles. The van der Waals surface area contributed by atoms with Crippen molar-refractivity contribution in [2.45, 2.75) is 18.9 Å². The van der Waals surface area contributed by atoms with Gasteiger partial charge in [0.25, 0.3) is 0 Å². The van der Waals surface area contributed by atoms with Crippen molar-refractivity contribution in [1.82, 2.24) is 10.4 Å². The van der Waals surface area contributed by atoms with Gasteiger partial charge in [0.15, 0.2) is 0 Å². The predicted octanol–water partition coefficient (Wildman–Crippen LogP) is 1.87. The number of nitrogens with two attached hydrogens (primary N) is 1. The number of anilines is 1. The Morgan fingerprint density at radius 2 is 2.10 bits per heavy atom. The van der Waals surface area contributed by atoms with E-state index in [4.69, 9.17) is 5.73 Å². The summed E-state index contributed by atoms with van der Waals surface area (Å²) in [5.41, 5.74) is 12.1. The van der Waals surface area contributed by atoms with Crippen LogP contribution in [0.1, 0.15) is 18.2 Å². The molecule has 0 amide bonds. The van der Waals surface area contributed by atoms with Crippen molar-refractivity contribution in [3.05, 3.63) is 47.7 Å². The molecule has 108 valence electrons. The van der Waals surface area contributed by atoms with Gasteiger partial charge < -0.3 is 0 Å². The summed E-state index contributed by atoms with van der Waals surface area (Å²) in [6.45, 7) is 2.14. The van der Waals surface area contributed by atoms with E-state index in [0.29, 0.717) is 5.13 Å². The molecule has 0 bridgehead atoms. The molecule has 1 unspecified atom stereocenters. The van der Waals surface area contributed by atoms with Crippen LogP contribution in [0.4, 0.5) is 5.13 Å². The topological polar surface area (TPSA) is 63.3 Å². The molecule has 0 radical (unpaired) electrons. The number of benzene rings is 1. The van der Waals surface area contributed by atoms with Crippen molar-refractivity contribution in [3.8, 4) is 0 Å². The van der Waals surface area contributed by atoms with Crippen LogP contribution >= 0.6 is 11.3 Å². The Morgan fingerprint density at radius 1 is 1.33 bits per heavy atom. The summed E-state index contributed by atoms with van der Waals surface area (Å²) < 4.78 is 1.18. The van der Waals surface area contributed by atoms with Gasteiger partial charge in [-0.05, 0) is 0 Å². The van der Waals surface area contributed by atoms with Gasteiger partial charge in [-0.3, -0.25) is 0 Å². The monoisotopic (exact) mass is 493 g/mol. The quantitative estimate of drug-likeness (QED) is 0.687. The second kappa shape index (κ2) is 5.86. The molecule has 1 atom stereocenters. The normalized spacial score (nSPS) is 21.0. The molecule has 1 aliphatic rings. The van der Waals surface area contributed by atoms with Gasteiger partial charge in [0, 0.05) is 0 Å². The molecule has 3 rings (SSSR count). The average molecular weight is 493 g/mol. The summed E-state index contributed by atoms with van der Waals surface area (Å²) in [6.07, 6.45) is 4.89. The molecule has 4 nitrogen and oxygen atoms in total. The first kappa shape index (κ1) is 14.7. The number of thiazole rings is 1. The second-order valence-electron chi connectivity index (χ2n) is 5.22. The Balaban J connectivity index is 1.91. The minimum atomic E-state index is -0.220. The molecule has 2 heterocycles. The Kier molecular flexibility index (Phi) is 4.09. The fourth-order valence-corrected chi connectivity index (χ4v) is 4.49. The molecule has 3 N–H and O–H groups in total. The van der Waals surface area contributed by atoms with E-state index >= 15 is 0 Å². The summed E-state index contributed by atoms with van der Waals surface area (Å²) >= 11 is 3.14. The van der Waals surface area contributed by atoms with Crippen molar-refractivity contribution < 1.29 is 24.7 Å². The molecule has 0 spiro atoms. The third-order valence-corrected chi connectivity index (χ3v) is 5.56. The van der Waals surface area contributed by atoms with E-state index in [1.54, 1.807) is 24.7 Å². The van der Waals surface area contributed by atoms with Crippen molar-refractivity contribution in [2.75, 3.05) is 5.73 Å². The Hall–Kier alpha value is -1.26. The van der Waals surface area contributed by atoms with Gasteiger partial charge in [0.1, 0.15) is 0 Å². The van der Waals surface area contributed by atoms with Gasteiger partial charge >= 0.3 is 143 Å². The molecule has 1 aliphatic heterocycles. The van der Waals surface area contributed by atoms with Gasteiger partial charge in [0.2, 0.25) is 0 Å². The van der Waals surface area contributed by atoms with Crippen LogP contribution in [0.2, 0.25) is 0 Å². The van der Waals surface area contributed by atoms with Crippen LogP contribution in [0, 0.1) is 24.7 Å². The molecule has 0 fully saturated rings.